The van der Waals surface area contributed by atoms with E-state index in [-0.39, 0.29) is 47.8 Å². The fourth-order valence-electron chi connectivity index (χ4n) is 2.95. The molecule has 0 aromatic rings. The Kier molecular flexibility index (Phi) is 8.81. The van der Waals surface area contributed by atoms with Crippen molar-refractivity contribution in [3.8, 4) is 0 Å². The van der Waals surface area contributed by atoms with Gasteiger partial charge in [-0.1, -0.05) is 13.3 Å². The average Bonchev–Trinajstić information content (AvgIpc) is 2.38. The molecule has 7 heteroatoms. The van der Waals surface area contributed by atoms with E-state index in [0.717, 1.165) is 25.7 Å². The van der Waals surface area contributed by atoms with Gasteiger partial charge in [-0.15, -0.1) is 12.4 Å². The number of carbonyl (C=O) groups is 1. The normalized spacial score (nSPS) is 24.0. The first-order valence-corrected chi connectivity index (χ1v) is 9.39. The van der Waals surface area contributed by atoms with Crippen molar-refractivity contribution in [2.45, 2.75) is 58.5 Å². The Morgan fingerprint density at radius 2 is 1.95 bits per heavy atom. The van der Waals surface area contributed by atoms with E-state index in [1.807, 2.05) is 13.8 Å². The number of nitrogens with zero attached hydrogens (tertiary/aromatic N) is 1. The summed E-state index contributed by atoms with van der Waals surface area (Å²) in [5, 5.41) is 0. The molecular formula is C14H29ClN2O3S. The molecule has 1 aliphatic rings. The molecule has 21 heavy (non-hydrogen) atoms. The number of rotatable bonds is 6. The van der Waals surface area contributed by atoms with E-state index < -0.39 is 9.84 Å². The van der Waals surface area contributed by atoms with Gasteiger partial charge in [-0.05, 0) is 33.1 Å². The minimum absolute atomic E-state index is 0. The van der Waals surface area contributed by atoms with E-state index in [1.165, 1.54) is 0 Å². The fraction of sp³-hybridized carbons (Fsp3) is 0.929. The van der Waals surface area contributed by atoms with Gasteiger partial charge in [0, 0.05) is 30.3 Å². The van der Waals surface area contributed by atoms with Crippen molar-refractivity contribution in [2.75, 3.05) is 18.1 Å². The zero-order valence-corrected chi connectivity index (χ0v) is 14.9. The highest BCUT2D eigenvalue weighted by Crippen LogP contribution is 2.25. The number of amides is 1. The van der Waals surface area contributed by atoms with Crippen LogP contribution in [-0.4, -0.2) is 49.4 Å². The molecule has 1 rings (SSSR count). The van der Waals surface area contributed by atoms with E-state index >= 15 is 0 Å². The number of carbonyl (C=O) groups excluding carboxylic acids is 1. The Hall–Kier alpha value is -0.330. The van der Waals surface area contributed by atoms with Crippen molar-refractivity contribution in [3.05, 3.63) is 0 Å². The Morgan fingerprint density at radius 3 is 2.43 bits per heavy atom. The highest BCUT2D eigenvalue weighted by Gasteiger charge is 2.31. The summed E-state index contributed by atoms with van der Waals surface area (Å²) in [6.45, 7) is 5.90. The lowest BCUT2D eigenvalue weighted by molar-refractivity contribution is -0.138. The van der Waals surface area contributed by atoms with Crippen molar-refractivity contribution >= 4 is 28.2 Å². The van der Waals surface area contributed by atoms with Crippen LogP contribution in [-0.2, 0) is 14.6 Å². The molecule has 1 aliphatic carbocycles. The third-order valence-corrected chi connectivity index (χ3v) is 6.02. The zero-order valence-electron chi connectivity index (χ0n) is 13.2. The van der Waals surface area contributed by atoms with E-state index in [9.17, 15) is 13.2 Å². The van der Waals surface area contributed by atoms with Gasteiger partial charge in [0.2, 0.25) is 5.91 Å². The van der Waals surface area contributed by atoms with Crippen LogP contribution in [0.15, 0.2) is 0 Å². The second kappa shape index (κ2) is 8.96. The third-order valence-electron chi connectivity index (χ3n) is 4.15. The predicted molar refractivity (Wildman–Crippen MR) is 88.4 cm³/mol. The lowest BCUT2D eigenvalue weighted by Crippen LogP contribution is -2.47. The van der Waals surface area contributed by atoms with Gasteiger partial charge < -0.3 is 10.6 Å². The van der Waals surface area contributed by atoms with Crippen LogP contribution in [0.25, 0.3) is 0 Å². The van der Waals surface area contributed by atoms with Gasteiger partial charge in [0.1, 0.15) is 0 Å². The van der Waals surface area contributed by atoms with Gasteiger partial charge in [0.25, 0.3) is 0 Å². The number of halogens is 1. The molecular weight excluding hydrogens is 312 g/mol. The van der Waals surface area contributed by atoms with Gasteiger partial charge in [-0.2, -0.15) is 0 Å². The van der Waals surface area contributed by atoms with Crippen molar-refractivity contribution in [2.24, 2.45) is 11.7 Å². The molecule has 3 unspecified atom stereocenters. The predicted octanol–water partition coefficient (Wildman–Crippen LogP) is 1.60. The first-order chi connectivity index (χ1) is 9.30. The van der Waals surface area contributed by atoms with Crippen LogP contribution in [0.4, 0.5) is 0 Å². The SMILES string of the molecule is CCN(C(=O)C1CCCC(N)C1)C(C)CS(=O)(=O)CC.Cl. The molecule has 1 fully saturated rings. The van der Waals surface area contributed by atoms with Crippen LogP contribution in [0.1, 0.15) is 46.5 Å². The van der Waals surface area contributed by atoms with E-state index in [0.29, 0.717) is 6.54 Å². The summed E-state index contributed by atoms with van der Waals surface area (Å²) in [4.78, 5) is 14.3. The van der Waals surface area contributed by atoms with Gasteiger partial charge in [0.15, 0.2) is 9.84 Å². The van der Waals surface area contributed by atoms with Crippen LogP contribution >= 0.6 is 12.4 Å². The lowest BCUT2D eigenvalue weighted by Gasteiger charge is -2.34. The van der Waals surface area contributed by atoms with Crippen molar-refractivity contribution in [1.29, 1.82) is 0 Å². The second-order valence-corrected chi connectivity index (χ2v) is 8.19. The van der Waals surface area contributed by atoms with Crippen LogP contribution in [0, 0.1) is 5.92 Å². The van der Waals surface area contributed by atoms with Crippen molar-refractivity contribution in [3.63, 3.8) is 0 Å². The number of sulfone groups is 1. The van der Waals surface area contributed by atoms with Crippen LogP contribution < -0.4 is 5.73 Å². The van der Waals surface area contributed by atoms with Crippen LogP contribution in [0.2, 0.25) is 0 Å². The summed E-state index contributed by atoms with van der Waals surface area (Å²) in [7, 11) is -3.07. The minimum atomic E-state index is -3.07. The second-order valence-electron chi connectivity index (χ2n) is 5.80. The summed E-state index contributed by atoms with van der Waals surface area (Å²) >= 11 is 0. The maximum absolute atomic E-state index is 12.6. The first-order valence-electron chi connectivity index (χ1n) is 7.57. The molecule has 3 atom stereocenters. The summed E-state index contributed by atoms with van der Waals surface area (Å²) in [5.74, 6) is 0.200. The van der Waals surface area contributed by atoms with Gasteiger partial charge in [0.05, 0.1) is 5.75 Å². The molecule has 0 aromatic carbocycles. The van der Waals surface area contributed by atoms with Crippen molar-refractivity contribution in [1.82, 2.24) is 4.90 Å². The fourth-order valence-corrected chi connectivity index (χ4v) is 4.10. The molecule has 0 aliphatic heterocycles. The zero-order chi connectivity index (χ0) is 15.3. The first kappa shape index (κ1) is 20.7. The molecule has 0 aromatic heterocycles. The van der Waals surface area contributed by atoms with Gasteiger partial charge >= 0.3 is 0 Å². The average molecular weight is 341 g/mol. The Balaban J connectivity index is 0.00000400. The quantitative estimate of drug-likeness (QED) is 0.796. The molecule has 2 N–H and O–H groups in total. The highest BCUT2D eigenvalue weighted by molar-refractivity contribution is 7.91. The molecule has 1 amide bonds. The Morgan fingerprint density at radius 1 is 1.33 bits per heavy atom. The standard InChI is InChI=1S/C14H28N2O3S.ClH/c1-4-16(11(3)10-20(18,19)5-2)14(17)12-7-6-8-13(15)9-12;/h11-13H,4-10,15H2,1-3H3;1H. The topological polar surface area (TPSA) is 80.5 Å². The number of hydrogen-bond donors (Lipinski definition) is 1. The highest BCUT2D eigenvalue weighted by atomic mass is 35.5. The van der Waals surface area contributed by atoms with E-state index in [4.69, 9.17) is 5.73 Å². The summed E-state index contributed by atoms with van der Waals surface area (Å²) in [6, 6.07) is -0.165. The van der Waals surface area contributed by atoms with Gasteiger partial charge in [-0.3, -0.25) is 4.79 Å². The summed E-state index contributed by atoms with van der Waals surface area (Å²) < 4.78 is 23.4. The summed E-state index contributed by atoms with van der Waals surface area (Å²) in [5.41, 5.74) is 5.94. The molecule has 0 saturated heterocycles. The van der Waals surface area contributed by atoms with E-state index in [1.54, 1.807) is 11.8 Å². The molecule has 0 bridgehead atoms. The third kappa shape index (κ3) is 6.12. The maximum atomic E-state index is 12.6. The van der Waals surface area contributed by atoms with Crippen LogP contribution in [0.5, 0.6) is 0 Å². The molecule has 5 nitrogen and oxygen atoms in total. The maximum Gasteiger partial charge on any atom is 0.225 e. The number of nitrogens with two attached hydrogens (primary N) is 1. The van der Waals surface area contributed by atoms with Crippen molar-refractivity contribution < 1.29 is 13.2 Å². The minimum Gasteiger partial charge on any atom is -0.339 e. The molecule has 0 radical (unpaired) electrons. The number of hydrogen-bond acceptors (Lipinski definition) is 4. The molecule has 0 spiro atoms. The van der Waals surface area contributed by atoms with Crippen LogP contribution in [0.3, 0.4) is 0 Å². The Bertz CT molecular complexity index is 428. The molecule has 0 heterocycles. The Labute approximate surface area is 135 Å². The smallest absolute Gasteiger partial charge is 0.225 e. The monoisotopic (exact) mass is 340 g/mol. The van der Waals surface area contributed by atoms with E-state index in [2.05, 4.69) is 0 Å². The van der Waals surface area contributed by atoms with Gasteiger partial charge in [-0.25, -0.2) is 8.42 Å². The largest absolute Gasteiger partial charge is 0.339 e. The molecule has 1 saturated carbocycles. The summed E-state index contributed by atoms with van der Waals surface area (Å²) in [6.07, 6.45) is 3.56. The molecule has 126 valence electrons. The lowest BCUT2D eigenvalue weighted by atomic mass is 9.85.